The van der Waals surface area contributed by atoms with Gasteiger partial charge in [-0.25, -0.2) is 0 Å². The number of carbonyl (C=O) groups is 10. The molecule has 2 aliphatic carbocycles. The van der Waals surface area contributed by atoms with E-state index in [-0.39, 0.29) is 98.4 Å². The van der Waals surface area contributed by atoms with E-state index in [1.165, 1.54) is 68.8 Å². The summed E-state index contributed by atoms with van der Waals surface area (Å²) in [4.78, 5) is 124. The van der Waals surface area contributed by atoms with Crippen LogP contribution >= 0.6 is 23.2 Å². The number of hydrogen-bond donors (Lipinski definition) is 5. The molecule has 2 atom stereocenters. The van der Waals surface area contributed by atoms with Crippen molar-refractivity contribution in [1.82, 2.24) is 5.32 Å². The molecule has 0 aliphatic heterocycles. The van der Waals surface area contributed by atoms with Gasteiger partial charge in [-0.05, 0) is 37.6 Å². The molecule has 0 spiro atoms. The number of amides is 4. The molecule has 0 bridgehead atoms. The Labute approximate surface area is 375 Å². The Morgan fingerprint density at radius 3 is 1.16 bits per heavy atom. The van der Waals surface area contributed by atoms with E-state index in [1.807, 2.05) is 0 Å². The minimum absolute atomic E-state index is 0.0114. The van der Waals surface area contributed by atoms with Gasteiger partial charge in [0.2, 0.25) is 23.6 Å². The van der Waals surface area contributed by atoms with Gasteiger partial charge >= 0.3 is 11.9 Å². The number of anilines is 4. The number of rotatable bonds is 14. The van der Waals surface area contributed by atoms with Crippen LogP contribution in [0.25, 0.3) is 0 Å². The van der Waals surface area contributed by atoms with Crippen molar-refractivity contribution in [1.29, 1.82) is 0 Å². The summed E-state index contributed by atoms with van der Waals surface area (Å²) >= 11 is 11.0. The molecule has 0 unspecified atom stereocenters. The van der Waals surface area contributed by atoms with Crippen LogP contribution in [0.5, 0.6) is 0 Å². The van der Waals surface area contributed by atoms with E-state index >= 15 is 0 Å². The summed E-state index contributed by atoms with van der Waals surface area (Å²) in [5.74, 6) is -5.76. The van der Waals surface area contributed by atoms with Gasteiger partial charge in [0.05, 0.1) is 71.7 Å². The predicted molar refractivity (Wildman–Crippen MR) is 235 cm³/mol. The Morgan fingerprint density at radius 1 is 0.500 bits per heavy atom. The van der Waals surface area contributed by atoms with Crippen molar-refractivity contribution in [2.24, 2.45) is 5.92 Å². The van der Waals surface area contributed by atoms with Crippen molar-refractivity contribution in [3.05, 3.63) is 117 Å². The lowest BCUT2D eigenvalue weighted by Crippen LogP contribution is -2.40. The van der Waals surface area contributed by atoms with E-state index in [4.69, 9.17) is 23.2 Å². The van der Waals surface area contributed by atoms with Gasteiger partial charge in [-0.3, -0.25) is 53.3 Å². The highest BCUT2D eigenvalue weighted by atomic mass is 35.5. The van der Waals surface area contributed by atoms with Crippen LogP contribution in [0.4, 0.5) is 22.7 Å². The van der Waals surface area contributed by atoms with Gasteiger partial charge in [-0.1, -0.05) is 55.5 Å². The molecule has 4 amide bonds. The highest BCUT2D eigenvalue weighted by Crippen LogP contribution is 2.37. The van der Waals surface area contributed by atoms with E-state index in [0.717, 1.165) is 0 Å². The zero-order chi connectivity index (χ0) is 46.8. The number of hydrogen-bond acceptors (Lipinski definition) is 13. The van der Waals surface area contributed by atoms with Crippen LogP contribution in [0.1, 0.15) is 90.4 Å². The van der Waals surface area contributed by atoms with Gasteiger partial charge in [0.1, 0.15) is 17.8 Å². The highest BCUT2D eigenvalue weighted by molar-refractivity contribution is 6.35. The van der Waals surface area contributed by atoms with Crippen LogP contribution in [-0.4, -0.2) is 97.3 Å². The summed E-state index contributed by atoms with van der Waals surface area (Å²) in [6, 6.07) is 17.5. The molecule has 0 aromatic heterocycles. The SMILES string of the molecule is COC(=O)[C@H](C)CCC(=O)Nc1cccc2c1C(=O)c1cccc(NC(=O)CN[C@@H](C)C(=O)OC)c1C2=O.O=C(CCl)Nc1cccc2c1C(=O)c1cccc(NC(=O)CCl)c1C2=O. The first-order valence-electron chi connectivity index (χ1n) is 19.5. The van der Waals surface area contributed by atoms with Crippen LogP contribution in [-0.2, 0) is 38.2 Å². The molecule has 19 heteroatoms. The van der Waals surface area contributed by atoms with Crippen molar-refractivity contribution in [3.8, 4) is 0 Å². The lowest BCUT2D eigenvalue weighted by molar-refractivity contribution is -0.145. The number of methoxy groups -OCH3 is 2. The van der Waals surface area contributed by atoms with E-state index in [1.54, 1.807) is 32.0 Å². The maximum Gasteiger partial charge on any atom is 0.322 e. The number of esters is 2. The first kappa shape index (κ1) is 48.0. The molecule has 0 radical (unpaired) electrons. The average Bonchev–Trinajstić information content (AvgIpc) is 3.30. The minimum atomic E-state index is -0.720. The Kier molecular flexibility index (Phi) is 16.0. The molecule has 6 rings (SSSR count). The molecule has 17 nitrogen and oxygen atoms in total. The van der Waals surface area contributed by atoms with E-state index in [2.05, 4.69) is 36.1 Å². The average molecular weight is 915 g/mol. The zero-order valence-electron chi connectivity index (χ0n) is 34.8. The Hall–Kier alpha value is -7.08. The summed E-state index contributed by atoms with van der Waals surface area (Å²) in [5, 5.41) is 13.1. The molecule has 332 valence electrons. The van der Waals surface area contributed by atoms with Gasteiger partial charge in [0.15, 0.2) is 23.1 Å². The summed E-state index contributed by atoms with van der Waals surface area (Å²) in [6.07, 6.45) is 0.261. The fraction of sp³-hybridized carbons (Fsp3) is 0.244. The van der Waals surface area contributed by atoms with Gasteiger partial charge in [0, 0.05) is 28.7 Å². The number of ketones is 4. The molecule has 5 N–H and O–H groups in total. The monoisotopic (exact) mass is 913 g/mol. The lowest BCUT2D eigenvalue weighted by Gasteiger charge is -2.23. The maximum atomic E-state index is 13.5. The quantitative estimate of drug-likeness (QED) is 0.0722. The topological polar surface area (TPSA) is 249 Å². The number of ether oxygens (including phenoxy) is 2. The van der Waals surface area contributed by atoms with Crippen LogP contribution in [0, 0.1) is 5.92 Å². The zero-order valence-corrected chi connectivity index (χ0v) is 36.3. The molecule has 4 aromatic rings. The fourth-order valence-electron chi connectivity index (χ4n) is 6.85. The summed E-state index contributed by atoms with van der Waals surface area (Å²) in [6.45, 7) is 2.96. The summed E-state index contributed by atoms with van der Waals surface area (Å²) < 4.78 is 9.27. The normalized spacial score (nSPS) is 13.0. The Morgan fingerprint density at radius 2 is 0.828 bits per heavy atom. The van der Waals surface area contributed by atoms with Gasteiger partial charge in [0.25, 0.3) is 0 Å². The van der Waals surface area contributed by atoms with Crippen molar-refractivity contribution in [3.63, 3.8) is 0 Å². The van der Waals surface area contributed by atoms with Crippen molar-refractivity contribution in [2.75, 3.05) is 53.8 Å². The molecule has 4 aromatic carbocycles. The number of nitrogens with one attached hydrogen (secondary N) is 5. The molecule has 0 fully saturated rings. The first-order valence-corrected chi connectivity index (χ1v) is 20.5. The summed E-state index contributed by atoms with van der Waals surface area (Å²) in [5.41, 5.74) is 1.50. The van der Waals surface area contributed by atoms with E-state index in [9.17, 15) is 47.9 Å². The van der Waals surface area contributed by atoms with E-state index in [0.29, 0.717) is 0 Å². The van der Waals surface area contributed by atoms with Crippen LogP contribution in [0.3, 0.4) is 0 Å². The maximum absolute atomic E-state index is 13.5. The second-order valence-electron chi connectivity index (χ2n) is 14.3. The van der Waals surface area contributed by atoms with Gasteiger partial charge in [-0.2, -0.15) is 0 Å². The molecular formula is C45H41Cl2N5O12. The van der Waals surface area contributed by atoms with Gasteiger partial charge < -0.3 is 30.7 Å². The molecule has 0 saturated heterocycles. The standard InChI is InChI=1S/C27H29N3O8.C18H12Cl2N2O4/c1-14(26(35)37-3)11-12-20(31)29-18-9-5-7-16-22(18)24(33)17-8-6-10-19(23(17)25(16)34)30-21(32)13-28-15(2)27(36)38-4;19-7-13(23)21-11-5-1-3-9-15(11)18(26)10-4-2-6-12(16(10)17(9)25)22-14(24)8-20/h5-10,14-15,28H,11-13H2,1-4H3,(H,29,31)(H,30,32);1-6H,7-8H2,(H,21,23)(H,22,24)/t14-,15+;/m1./s1. The minimum Gasteiger partial charge on any atom is -0.469 e. The lowest BCUT2D eigenvalue weighted by atomic mass is 9.82. The molecule has 0 heterocycles. The number of benzene rings is 4. The Balaban J connectivity index is 0.000000258. The van der Waals surface area contributed by atoms with Gasteiger partial charge in [-0.15, -0.1) is 23.2 Å². The van der Waals surface area contributed by atoms with Crippen LogP contribution in [0.15, 0.2) is 72.8 Å². The number of alkyl halides is 2. The number of halogens is 2. The highest BCUT2D eigenvalue weighted by Gasteiger charge is 2.36. The van der Waals surface area contributed by atoms with Crippen molar-refractivity contribution in [2.45, 2.75) is 32.7 Å². The first-order chi connectivity index (χ1) is 30.6. The smallest absolute Gasteiger partial charge is 0.322 e. The van der Waals surface area contributed by atoms with E-state index < -0.39 is 70.7 Å². The fourth-order valence-corrected chi connectivity index (χ4v) is 6.98. The number of fused-ring (bicyclic) bond motifs is 4. The third kappa shape index (κ3) is 10.6. The second kappa shape index (κ2) is 21.3. The Bertz CT molecular complexity index is 2440. The molecular weight excluding hydrogens is 873 g/mol. The summed E-state index contributed by atoms with van der Waals surface area (Å²) in [7, 11) is 2.51. The molecule has 2 aliphatic rings. The third-order valence-electron chi connectivity index (χ3n) is 10.0. The predicted octanol–water partition coefficient (Wildman–Crippen LogP) is 4.90. The van der Waals surface area contributed by atoms with Crippen molar-refractivity contribution < 1.29 is 57.4 Å². The molecule has 0 saturated carbocycles. The number of carbonyl (C=O) groups excluding carboxylic acids is 10. The third-order valence-corrected chi connectivity index (χ3v) is 10.5. The molecule has 64 heavy (non-hydrogen) atoms. The van der Waals surface area contributed by atoms with Crippen molar-refractivity contribution >= 4 is 105 Å². The second-order valence-corrected chi connectivity index (χ2v) is 14.8. The van der Waals surface area contributed by atoms with Crippen LogP contribution < -0.4 is 26.6 Å². The largest absolute Gasteiger partial charge is 0.469 e. The van der Waals surface area contributed by atoms with Crippen LogP contribution in [0.2, 0.25) is 0 Å².